The number of benzene rings is 1. The van der Waals surface area contributed by atoms with Crippen LogP contribution in [-0.4, -0.2) is 5.78 Å². The van der Waals surface area contributed by atoms with E-state index in [1.807, 2.05) is 30.3 Å². The van der Waals surface area contributed by atoms with Gasteiger partial charge in [-0.1, -0.05) is 44.9 Å². The SMILES string of the molecule is CCCCC(=O)CCCC.c1ccc2occc2c1. The molecule has 0 spiro atoms. The van der Waals surface area contributed by atoms with Gasteiger partial charge in [0.1, 0.15) is 11.4 Å². The van der Waals surface area contributed by atoms with Gasteiger partial charge in [0, 0.05) is 18.2 Å². The van der Waals surface area contributed by atoms with Crippen molar-refractivity contribution in [3.8, 4) is 0 Å². The number of Topliss-reactive ketones (excluding diaryl/α,β-unsaturated/α-hetero) is 1. The molecule has 0 amide bonds. The molecule has 0 unspecified atom stereocenters. The Labute approximate surface area is 115 Å². The third kappa shape index (κ3) is 6.23. The number of ketones is 1. The van der Waals surface area contributed by atoms with Gasteiger partial charge in [-0.2, -0.15) is 0 Å². The largest absolute Gasteiger partial charge is 0.464 e. The highest BCUT2D eigenvalue weighted by Crippen LogP contribution is 2.12. The van der Waals surface area contributed by atoms with E-state index in [0.29, 0.717) is 5.78 Å². The summed E-state index contributed by atoms with van der Waals surface area (Å²) in [4.78, 5) is 11.0. The zero-order chi connectivity index (χ0) is 13.9. The van der Waals surface area contributed by atoms with Crippen LogP contribution in [0.5, 0.6) is 0 Å². The monoisotopic (exact) mass is 260 g/mol. The summed E-state index contributed by atoms with van der Waals surface area (Å²) in [5.41, 5.74) is 0.956. The third-order valence-corrected chi connectivity index (χ3v) is 2.98. The molecule has 1 aromatic heterocycles. The van der Waals surface area contributed by atoms with Gasteiger partial charge in [0.2, 0.25) is 0 Å². The van der Waals surface area contributed by atoms with Crippen molar-refractivity contribution in [2.24, 2.45) is 0 Å². The van der Waals surface area contributed by atoms with Gasteiger partial charge in [0.25, 0.3) is 0 Å². The Balaban J connectivity index is 0.000000190. The molecule has 0 aliphatic rings. The molecule has 2 nitrogen and oxygen atoms in total. The quantitative estimate of drug-likeness (QED) is 0.699. The number of para-hydroxylation sites is 1. The second-order valence-corrected chi connectivity index (χ2v) is 4.70. The fourth-order valence-electron chi connectivity index (χ4n) is 1.78. The van der Waals surface area contributed by atoms with E-state index in [9.17, 15) is 4.79 Å². The van der Waals surface area contributed by atoms with Crippen molar-refractivity contribution in [1.82, 2.24) is 0 Å². The lowest BCUT2D eigenvalue weighted by molar-refractivity contribution is -0.119. The highest BCUT2D eigenvalue weighted by atomic mass is 16.3. The van der Waals surface area contributed by atoms with Crippen LogP contribution < -0.4 is 0 Å². The zero-order valence-corrected chi connectivity index (χ0v) is 12.0. The number of rotatable bonds is 6. The Kier molecular flexibility index (Phi) is 7.64. The molecule has 0 saturated carbocycles. The van der Waals surface area contributed by atoms with E-state index in [-0.39, 0.29) is 0 Å². The molecule has 0 radical (unpaired) electrons. The van der Waals surface area contributed by atoms with Crippen molar-refractivity contribution in [3.63, 3.8) is 0 Å². The normalized spacial score (nSPS) is 10.0. The van der Waals surface area contributed by atoms with Crippen LogP contribution in [0.2, 0.25) is 0 Å². The number of carbonyl (C=O) groups excluding carboxylic acids is 1. The first kappa shape index (κ1) is 15.5. The second-order valence-electron chi connectivity index (χ2n) is 4.70. The molecule has 0 aliphatic heterocycles. The van der Waals surface area contributed by atoms with Crippen LogP contribution in [0.3, 0.4) is 0 Å². The number of hydrogen-bond donors (Lipinski definition) is 0. The van der Waals surface area contributed by atoms with Crippen LogP contribution in [0, 0.1) is 0 Å². The Hall–Kier alpha value is -1.57. The Morgan fingerprint density at radius 2 is 1.63 bits per heavy atom. The smallest absolute Gasteiger partial charge is 0.133 e. The van der Waals surface area contributed by atoms with E-state index in [1.54, 1.807) is 6.26 Å². The van der Waals surface area contributed by atoms with Crippen LogP contribution in [0.25, 0.3) is 11.0 Å². The molecule has 0 saturated heterocycles. The molecule has 1 heterocycles. The van der Waals surface area contributed by atoms with E-state index in [4.69, 9.17) is 4.42 Å². The number of carbonyl (C=O) groups is 1. The van der Waals surface area contributed by atoms with Gasteiger partial charge in [-0.05, 0) is 25.0 Å². The van der Waals surface area contributed by atoms with Crippen molar-refractivity contribution in [2.75, 3.05) is 0 Å². The van der Waals surface area contributed by atoms with E-state index >= 15 is 0 Å². The maximum absolute atomic E-state index is 11.0. The first-order chi connectivity index (χ1) is 9.27. The average Bonchev–Trinajstić information content (AvgIpc) is 2.92. The van der Waals surface area contributed by atoms with Crippen LogP contribution >= 0.6 is 0 Å². The highest BCUT2D eigenvalue weighted by molar-refractivity contribution is 5.78. The summed E-state index contributed by atoms with van der Waals surface area (Å²) in [5.74, 6) is 0.448. The van der Waals surface area contributed by atoms with E-state index < -0.39 is 0 Å². The van der Waals surface area contributed by atoms with Crippen LogP contribution in [0.4, 0.5) is 0 Å². The number of fused-ring (bicyclic) bond motifs is 1. The summed E-state index contributed by atoms with van der Waals surface area (Å²) in [6, 6.07) is 9.90. The van der Waals surface area contributed by atoms with Gasteiger partial charge in [0.05, 0.1) is 6.26 Å². The van der Waals surface area contributed by atoms with Crippen LogP contribution in [0.1, 0.15) is 52.4 Å². The molecule has 1 aromatic carbocycles. The molecule has 0 aliphatic carbocycles. The van der Waals surface area contributed by atoms with Gasteiger partial charge < -0.3 is 4.42 Å². The maximum Gasteiger partial charge on any atom is 0.133 e. The fourth-order valence-corrected chi connectivity index (χ4v) is 1.78. The molecule has 104 valence electrons. The van der Waals surface area contributed by atoms with Gasteiger partial charge in [-0.3, -0.25) is 4.79 Å². The topological polar surface area (TPSA) is 30.2 Å². The van der Waals surface area contributed by atoms with E-state index in [0.717, 1.165) is 49.5 Å². The minimum atomic E-state index is 0.448. The van der Waals surface area contributed by atoms with Crippen LogP contribution in [0.15, 0.2) is 41.0 Å². The molecule has 2 aromatic rings. The Morgan fingerprint density at radius 1 is 1.00 bits per heavy atom. The number of unbranched alkanes of at least 4 members (excludes halogenated alkanes) is 2. The minimum Gasteiger partial charge on any atom is -0.464 e. The zero-order valence-electron chi connectivity index (χ0n) is 12.0. The standard InChI is InChI=1S/C9H18O.C8H6O/c1-3-5-7-9(10)8-6-4-2;1-2-4-8-7(3-1)5-6-9-8/h3-8H2,1-2H3;1-6H. The van der Waals surface area contributed by atoms with Crippen molar-refractivity contribution < 1.29 is 9.21 Å². The lowest BCUT2D eigenvalue weighted by atomic mass is 10.1. The fraction of sp³-hybridized carbons (Fsp3) is 0.471. The van der Waals surface area contributed by atoms with Gasteiger partial charge in [-0.25, -0.2) is 0 Å². The predicted octanol–water partition coefficient (Wildman–Crippen LogP) is 5.37. The summed E-state index contributed by atoms with van der Waals surface area (Å²) in [6.07, 6.45) is 7.72. The average molecular weight is 260 g/mol. The maximum atomic E-state index is 11.0. The summed E-state index contributed by atoms with van der Waals surface area (Å²) in [6.45, 7) is 4.24. The van der Waals surface area contributed by atoms with Crippen molar-refractivity contribution >= 4 is 16.8 Å². The van der Waals surface area contributed by atoms with Crippen molar-refractivity contribution in [3.05, 3.63) is 36.6 Å². The predicted molar refractivity (Wildman–Crippen MR) is 80.3 cm³/mol. The highest BCUT2D eigenvalue weighted by Gasteiger charge is 1.98. The summed E-state index contributed by atoms with van der Waals surface area (Å²) >= 11 is 0. The first-order valence-corrected chi connectivity index (χ1v) is 7.21. The molecule has 0 atom stereocenters. The lowest BCUT2D eigenvalue weighted by Gasteiger charge is -1.96. The molecule has 2 rings (SSSR count). The van der Waals surface area contributed by atoms with E-state index in [2.05, 4.69) is 13.8 Å². The van der Waals surface area contributed by atoms with Crippen molar-refractivity contribution in [1.29, 1.82) is 0 Å². The van der Waals surface area contributed by atoms with Crippen LogP contribution in [-0.2, 0) is 4.79 Å². The van der Waals surface area contributed by atoms with E-state index in [1.165, 1.54) is 0 Å². The molecule has 19 heavy (non-hydrogen) atoms. The lowest BCUT2D eigenvalue weighted by Crippen LogP contribution is -1.96. The molecule has 2 heteroatoms. The molecular formula is C17H24O2. The van der Waals surface area contributed by atoms with Gasteiger partial charge in [-0.15, -0.1) is 0 Å². The summed E-state index contributed by atoms with van der Waals surface area (Å²) < 4.78 is 5.12. The minimum absolute atomic E-state index is 0.448. The van der Waals surface area contributed by atoms with Gasteiger partial charge in [0.15, 0.2) is 0 Å². The third-order valence-electron chi connectivity index (χ3n) is 2.98. The second kappa shape index (κ2) is 9.37. The first-order valence-electron chi connectivity index (χ1n) is 7.21. The molecule has 0 bridgehead atoms. The molecule has 0 fully saturated rings. The Bertz CT molecular complexity index is 431. The van der Waals surface area contributed by atoms with Gasteiger partial charge >= 0.3 is 0 Å². The molecule has 0 N–H and O–H groups in total. The number of hydrogen-bond acceptors (Lipinski definition) is 2. The molecular weight excluding hydrogens is 236 g/mol. The Morgan fingerprint density at radius 3 is 2.21 bits per heavy atom. The number of furan rings is 1. The summed E-state index contributed by atoms with van der Waals surface area (Å²) in [7, 11) is 0. The summed E-state index contributed by atoms with van der Waals surface area (Å²) in [5, 5.41) is 1.16. The van der Waals surface area contributed by atoms with Crippen molar-refractivity contribution in [2.45, 2.75) is 52.4 Å².